The van der Waals surface area contributed by atoms with Gasteiger partial charge in [-0.2, -0.15) is 0 Å². The smallest absolute Gasteiger partial charge is 0.304 e. The lowest BCUT2D eigenvalue weighted by atomic mass is 9.99. The second kappa shape index (κ2) is 4.44. The Labute approximate surface area is 96.2 Å². The summed E-state index contributed by atoms with van der Waals surface area (Å²) in [6.07, 6.45) is 1.90. The summed E-state index contributed by atoms with van der Waals surface area (Å²) in [5, 5.41) is 21.5. The molecule has 0 aromatic heterocycles. The third kappa shape index (κ3) is 2.75. The van der Waals surface area contributed by atoms with Gasteiger partial charge in [-0.1, -0.05) is 5.92 Å². The van der Waals surface area contributed by atoms with Crippen LogP contribution in [0.25, 0.3) is 0 Å². The zero-order chi connectivity index (χ0) is 12.4. The van der Waals surface area contributed by atoms with Crippen LogP contribution in [0.1, 0.15) is 46.5 Å². The lowest BCUT2D eigenvalue weighted by Gasteiger charge is -2.30. The van der Waals surface area contributed by atoms with Crippen LogP contribution in [0.15, 0.2) is 0 Å². The average molecular weight is 224 g/mol. The molecule has 1 fully saturated rings. The highest BCUT2D eigenvalue weighted by Crippen LogP contribution is 2.38. The van der Waals surface area contributed by atoms with Crippen LogP contribution in [0.3, 0.4) is 0 Å². The van der Waals surface area contributed by atoms with Gasteiger partial charge in [0.25, 0.3) is 0 Å². The molecule has 1 heterocycles. The Balaban J connectivity index is 2.63. The number of carboxylic acids is 1. The van der Waals surface area contributed by atoms with Gasteiger partial charge >= 0.3 is 5.97 Å². The Hall–Kier alpha value is -1.05. The third-order valence-electron chi connectivity index (χ3n) is 3.04. The largest absolute Gasteiger partial charge is 0.481 e. The van der Waals surface area contributed by atoms with Crippen LogP contribution in [0.5, 0.6) is 0 Å². The highest BCUT2D eigenvalue weighted by molar-refractivity contribution is 5.67. The summed E-state index contributed by atoms with van der Waals surface area (Å²) in [5.74, 6) is 4.86. The molecule has 1 saturated heterocycles. The fraction of sp³-hybridized carbons (Fsp3) is 0.750. The van der Waals surface area contributed by atoms with Crippen molar-refractivity contribution in [3.8, 4) is 11.8 Å². The van der Waals surface area contributed by atoms with Gasteiger partial charge in [-0.15, -0.1) is 16.2 Å². The Morgan fingerprint density at radius 3 is 2.44 bits per heavy atom. The van der Waals surface area contributed by atoms with Gasteiger partial charge < -0.3 is 5.11 Å². The number of carbonyl (C=O) groups is 1. The van der Waals surface area contributed by atoms with E-state index in [1.807, 2.05) is 20.8 Å². The summed E-state index contributed by atoms with van der Waals surface area (Å²) in [6.45, 7) is 5.64. The van der Waals surface area contributed by atoms with Crippen molar-refractivity contribution in [3.63, 3.8) is 0 Å². The number of hydroxylamine groups is 2. The Kier molecular flexibility index (Phi) is 3.61. The summed E-state index contributed by atoms with van der Waals surface area (Å²) < 4.78 is 0. The molecule has 0 spiro atoms. The number of hydrogen-bond acceptors (Lipinski definition) is 2. The van der Waals surface area contributed by atoms with E-state index in [9.17, 15) is 10.0 Å². The maximum absolute atomic E-state index is 12.0. The molecular formula is C12H18NO3. The van der Waals surface area contributed by atoms with Crippen molar-refractivity contribution in [2.75, 3.05) is 0 Å². The van der Waals surface area contributed by atoms with Crippen molar-refractivity contribution >= 4 is 5.97 Å². The van der Waals surface area contributed by atoms with Crippen molar-refractivity contribution in [1.82, 2.24) is 5.06 Å². The zero-order valence-electron chi connectivity index (χ0n) is 10.0. The summed E-state index contributed by atoms with van der Waals surface area (Å²) in [4.78, 5) is 10.3. The summed E-state index contributed by atoms with van der Waals surface area (Å²) in [7, 11) is 0. The predicted octanol–water partition coefficient (Wildman–Crippen LogP) is 1.83. The van der Waals surface area contributed by atoms with Crippen LogP contribution < -0.4 is 0 Å². The van der Waals surface area contributed by atoms with Crippen molar-refractivity contribution in [3.05, 3.63) is 0 Å². The molecule has 89 valence electrons. The van der Waals surface area contributed by atoms with Crippen LogP contribution in [-0.2, 0) is 10.0 Å². The Bertz CT molecular complexity index is 340. The number of hydrogen-bond donors (Lipinski definition) is 1. The van der Waals surface area contributed by atoms with E-state index in [0.717, 1.165) is 17.9 Å². The quantitative estimate of drug-likeness (QED) is 0.728. The minimum Gasteiger partial charge on any atom is -0.481 e. The van der Waals surface area contributed by atoms with Crippen molar-refractivity contribution in [1.29, 1.82) is 0 Å². The molecular weight excluding hydrogens is 206 g/mol. The molecule has 0 aromatic rings. The third-order valence-corrected chi connectivity index (χ3v) is 3.04. The highest BCUT2D eigenvalue weighted by Gasteiger charge is 2.47. The molecule has 0 bridgehead atoms. The second-order valence-corrected chi connectivity index (χ2v) is 5.08. The van der Waals surface area contributed by atoms with Gasteiger partial charge in [0.05, 0.1) is 6.42 Å². The number of nitrogens with zero attached hydrogens (tertiary/aromatic N) is 1. The molecule has 1 atom stereocenters. The fourth-order valence-electron chi connectivity index (χ4n) is 1.96. The first-order chi connectivity index (χ1) is 7.28. The minimum atomic E-state index is -0.856. The van der Waals surface area contributed by atoms with E-state index < -0.39 is 11.5 Å². The molecule has 1 unspecified atom stereocenters. The van der Waals surface area contributed by atoms with Gasteiger partial charge in [0.2, 0.25) is 0 Å². The van der Waals surface area contributed by atoms with E-state index >= 15 is 0 Å². The maximum Gasteiger partial charge on any atom is 0.304 e. The van der Waals surface area contributed by atoms with Crippen molar-refractivity contribution in [2.24, 2.45) is 0 Å². The monoisotopic (exact) mass is 224 g/mol. The molecule has 0 aromatic carbocycles. The van der Waals surface area contributed by atoms with Gasteiger partial charge in [0.15, 0.2) is 0 Å². The fourth-order valence-corrected chi connectivity index (χ4v) is 1.96. The van der Waals surface area contributed by atoms with E-state index in [2.05, 4.69) is 11.8 Å². The second-order valence-electron chi connectivity index (χ2n) is 5.08. The molecule has 0 saturated carbocycles. The number of aliphatic carboxylic acids is 1. The molecule has 1 aliphatic rings. The van der Waals surface area contributed by atoms with Crippen molar-refractivity contribution < 1.29 is 15.1 Å². The van der Waals surface area contributed by atoms with E-state index in [-0.39, 0.29) is 12.0 Å². The first-order valence-electron chi connectivity index (χ1n) is 5.47. The lowest BCUT2D eigenvalue weighted by Crippen LogP contribution is -2.45. The maximum atomic E-state index is 12.0. The van der Waals surface area contributed by atoms with Gasteiger partial charge in [-0.05, 0) is 33.6 Å². The molecule has 1 radical (unpaired) electrons. The minimum absolute atomic E-state index is 0.0331. The van der Waals surface area contributed by atoms with Crippen LogP contribution >= 0.6 is 0 Å². The van der Waals surface area contributed by atoms with Gasteiger partial charge in [0, 0.05) is 12.0 Å². The zero-order valence-corrected chi connectivity index (χ0v) is 10.0. The van der Waals surface area contributed by atoms with Gasteiger partial charge in [-0.3, -0.25) is 4.79 Å². The van der Waals surface area contributed by atoms with E-state index in [1.165, 1.54) is 0 Å². The summed E-state index contributed by atoms with van der Waals surface area (Å²) in [6, 6.07) is 0. The van der Waals surface area contributed by atoms with Crippen LogP contribution in [0.4, 0.5) is 0 Å². The lowest BCUT2D eigenvalue weighted by molar-refractivity contribution is -0.234. The highest BCUT2D eigenvalue weighted by atomic mass is 16.5. The van der Waals surface area contributed by atoms with Crippen LogP contribution in [-0.4, -0.2) is 27.2 Å². The SMILES string of the molecule is CC1(C)CCC(C)(C#CCCC(=O)O)N1[O]. The molecule has 1 N–H and O–H groups in total. The first-order valence-corrected chi connectivity index (χ1v) is 5.47. The molecule has 16 heavy (non-hydrogen) atoms. The van der Waals surface area contributed by atoms with Gasteiger partial charge in [-0.25, -0.2) is 0 Å². The topological polar surface area (TPSA) is 60.4 Å². The van der Waals surface area contributed by atoms with Crippen LogP contribution in [0.2, 0.25) is 0 Å². The van der Waals surface area contributed by atoms with Crippen LogP contribution in [0, 0.1) is 11.8 Å². The van der Waals surface area contributed by atoms with E-state index in [1.54, 1.807) is 0 Å². The predicted molar refractivity (Wildman–Crippen MR) is 58.9 cm³/mol. The summed E-state index contributed by atoms with van der Waals surface area (Å²) >= 11 is 0. The average Bonchev–Trinajstić information content (AvgIpc) is 2.38. The first kappa shape index (κ1) is 13.0. The Morgan fingerprint density at radius 1 is 1.38 bits per heavy atom. The van der Waals surface area contributed by atoms with Crippen molar-refractivity contribution in [2.45, 2.75) is 57.5 Å². The van der Waals surface area contributed by atoms with E-state index in [4.69, 9.17) is 5.11 Å². The Morgan fingerprint density at radius 2 is 2.00 bits per heavy atom. The summed E-state index contributed by atoms with van der Waals surface area (Å²) in [5.41, 5.74) is -1.02. The standard InChI is InChI=1S/C12H18NO3/c1-11(2)8-9-12(3,13(11)16)7-5-4-6-10(14)15/h4,6,8-9H2,1-3H3,(H,14,15). The van der Waals surface area contributed by atoms with E-state index in [0.29, 0.717) is 6.42 Å². The molecule has 4 nitrogen and oxygen atoms in total. The van der Waals surface area contributed by atoms with Gasteiger partial charge in [0.1, 0.15) is 5.54 Å². The number of rotatable bonds is 2. The molecule has 0 aliphatic carbocycles. The molecule has 1 rings (SSSR count). The normalized spacial score (nSPS) is 28.5. The molecule has 1 aliphatic heterocycles. The molecule has 0 amide bonds. The molecule has 4 heteroatoms. The number of carboxylic acid groups (broad SMARTS) is 1.